The van der Waals surface area contributed by atoms with Crippen LogP contribution in [0.25, 0.3) is 6.08 Å². The summed E-state index contributed by atoms with van der Waals surface area (Å²) in [4.78, 5) is 43.5. The van der Waals surface area contributed by atoms with E-state index in [-0.39, 0.29) is 17.4 Å². The summed E-state index contributed by atoms with van der Waals surface area (Å²) in [5, 5.41) is 11.3. The van der Waals surface area contributed by atoms with E-state index < -0.39 is 11.8 Å². The smallest absolute Gasteiger partial charge is 0.272 e. The van der Waals surface area contributed by atoms with E-state index in [2.05, 4.69) is 20.9 Å². The van der Waals surface area contributed by atoms with Crippen LogP contribution < -0.4 is 16.0 Å². The number of thioether (sulfide) groups is 1. The van der Waals surface area contributed by atoms with E-state index in [0.717, 1.165) is 10.6 Å². The molecule has 1 aromatic heterocycles. The number of carbonyl (C=O) groups excluding carboxylic acids is 3. The van der Waals surface area contributed by atoms with Crippen LogP contribution in [-0.2, 0) is 9.59 Å². The summed E-state index contributed by atoms with van der Waals surface area (Å²) in [6, 6.07) is 20.5. The number of thiazole rings is 1. The molecule has 0 aliphatic heterocycles. The van der Waals surface area contributed by atoms with Gasteiger partial charge in [0.15, 0.2) is 5.13 Å². The number of aromatic nitrogens is 1. The Morgan fingerprint density at radius 2 is 1.67 bits per heavy atom. The Balaban J connectivity index is 1.49. The lowest BCUT2D eigenvalue weighted by molar-refractivity contribution is -0.114. The van der Waals surface area contributed by atoms with Crippen LogP contribution in [0.4, 0.5) is 10.8 Å². The standard InChI is InChI=1S/C28H22Cl2N4O3S2/c1-17-15-39-28(31-17)34-25(35)16-38-20-10-5-9-19(13-20)32-27(37)24(14-21-22(29)11-6-12-23(21)30)33-26(36)18-7-3-2-4-8-18/h2-15H,16H2,1H3,(H,32,37)(H,33,36)(H,31,34,35)/b24-14+. The molecule has 3 amide bonds. The number of rotatable bonds is 9. The van der Waals surface area contributed by atoms with Gasteiger partial charge in [0.2, 0.25) is 5.91 Å². The third-order valence-electron chi connectivity index (χ3n) is 5.14. The van der Waals surface area contributed by atoms with Crippen molar-refractivity contribution >= 4 is 80.9 Å². The topological polar surface area (TPSA) is 100 Å². The fraction of sp³-hybridized carbons (Fsp3) is 0.0714. The van der Waals surface area contributed by atoms with Crippen LogP contribution in [0.2, 0.25) is 10.0 Å². The third kappa shape index (κ3) is 8.18. The van der Waals surface area contributed by atoms with Crippen LogP contribution in [0.1, 0.15) is 21.6 Å². The zero-order valence-corrected chi connectivity index (χ0v) is 23.7. The Morgan fingerprint density at radius 1 is 0.949 bits per heavy atom. The molecule has 0 saturated carbocycles. The first-order chi connectivity index (χ1) is 18.8. The van der Waals surface area contributed by atoms with E-state index in [4.69, 9.17) is 23.2 Å². The number of carbonyl (C=O) groups is 3. The van der Waals surface area contributed by atoms with Crippen molar-refractivity contribution in [2.45, 2.75) is 11.8 Å². The summed E-state index contributed by atoms with van der Waals surface area (Å²) < 4.78 is 0. The number of benzene rings is 3. The Bertz CT molecular complexity index is 1520. The molecule has 0 aliphatic carbocycles. The zero-order valence-electron chi connectivity index (χ0n) is 20.5. The van der Waals surface area contributed by atoms with Gasteiger partial charge in [0.05, 0.1) is 11.4 Å². The molecule has 11 heteroatoms. The summed E-state index contributed by atoms with van der Waals surface area (Å²) in [5.41, 5.74) is 2.05. The highest BCUT2D eigenvalue weighted by atomic mass is 35.5. The van der Waals surface area contributed by atoms with Crippen molar-refractivity contribution in [1.82, 2.24) is 10.3 Å². The van der Waals surface area contributed by atoms with Crippen LogP contribution in [0.15, 0.2) is 88.8 Å². The maximum Gasteiger partial charge on any atom is 0.272 e. The summed E-state index contributed by atoms with van der Waals surface area (Å²) in [5.74, 6) is -1.06. The quantitative estimate of drug-likeness (QED) is 0.144. The molecule has 3 aromatic carbocycles. The summed E-state index contributed by atoms with van der Waals surface area (Å²) in [6.07, 6.45) is 1.43. The minimum atomic E-state index is -0.575. The lowest BCUT2D eigenvalue weighted by Gasteiger charge is -2.13. The number of nitrogens with one attached hydrogen (secondary N) is 3. The van der Waals surface area contributed by atoms with E-state index in [9.17, 15) is 14.4 Å². The first-order valence-corrected chi connectivity index (χ1v) is 14.2. The van der Waals surface area contributed by atoms with Gasteiger partial charge >= 0.3 is 0 Å². The van der Waals surface area contributed by atoms with Gasteiger partial charge in [-0.2, -0.15) is 0 Å². The number of hydrogen-bond donors (Lipinski definition) is 3. The zero-order chi connectivity index (χ0) is 27.8. The predicted octanol–water partition coefficient (Wildman–Crippen LogP) is 6.90. The van der Waals surface area contributed by atoms with Gasteiger partial charge < -0.3 is 16.0 Å². The molecular formula is C28H22Cl2N4O3S2. The van der Waals surface area contributed by atoms with Crippen molar-refractivity contribution in [3.63, 3.8) is 0 Å². The van der Waals surface area contributed by atoms with Crippen molar-refractivity contribution in [2.24, 2.45) is 0 Å². The Morgan fingerprint density at radius 3 is 2.36 bits per heavy atom. The number of aryl methyl sites for hydroxylation is 1. The highest BCUT2D eigenvalue weighted by Crippen LogP contribution is 2.27. The molecule has 0 fully saturated rings. The van der Waals surface area contributed by atoms with Gasteiger partial charge in [0.25, 0.3) is 11.8 Å². The number of halogens is 2. The molecule has 4 rings (SSSR count). The Hall–Kier alpha value is -3.63. The molecule has 1 heterocycles. The average molecular weight is 598 g/mol. The molecule has 0 atom stereocenters. The summed E-state index contributed by atoms with van der Waals surface area (Å²) in [6.45, 7) is 1.86. The molecule has 39 heavy (non-hydrogen) atoms. The highest BCUT2D eigenvalue weighted by molar-refractivity contribution is 8.00. The normalized spacial score (nSPS) is 11.1. The average Bonchev–Trinajstić information content (AvgIpc) is 3.33. The maximum absolute atomic E-state index is 13.3. The van der Waals surface area contributed by atoms with Gasteiger partial charge in [-0.15, -0.1) is 23.1 Å². The monoisotopic (exact) mass is 596 g/mol. The van der Waals surface area contributed by atoms with Gasteiger partial charge in [-0.1, -0.05) is 53.5 Å². The minimum absolute atomic E-state index is 0.0463. The second kappa shape index (κ2) is 13.4. The number of nitrogens with zero attached hydrogens (tertiary/aromatic N) is 1. The first-order valence-electron chi connectivity index (χ1n) is 11.6. The second-order valence-corrected chi connectivity index (χ2v) is 10.8. The molecule has 0 saturated heterocycles. The predicted molar refractivity (Wildman–Crippen MR) is 160 cm³/mol. The number of hydrogen-bond acceptors (Lipinski definition) is 6. The SMILES string of the molecule is Cc1csc(NC(=O)CSc2cccc(NC(=O)/C(=C\c3c(Cl)cccc3Cl)NC(=O)c3ccccc3)c2)n1. The van der Waals surface area contributed by atoms with Gasteiger partial charge in [-0.3, -0.25) is 14.4 Å². The fourth-order valence-electron chi connectivity index (χ4n) is 3.31. The van der Waals surface area contributed by atoms with Crippen molar-refractivity contribution in [1.29, 1.82) is 0 Å². The molecule has 3 N–H and O–H groups in total. The van der Waals surface area contributed by atoms with Crippen molar-refractivity contribution < 1.29 is 14.4 Å². The number of amides is 3. The minimum Gasteiger partial charge on any atom is -0.321 e. The third-order valence-corrected chi connectivity index (χ3v) is 7.67. The van der Waals surface area contributed by atoms with Crippen LogP contribution in [-0.4, -0.2) is 28.5 Å². The largest absolute Gasteiger partial charge is 0.321 e. The van der Waals surface area contributed by atoms with Crippen molar-refractivity contribution in [3.05, 3.63) is 111 Å². The molecule has 0 radical (unpaired) electrons. The second-order valence-electron chi connectivity index (χ2n) is 8.13. The van der Waals surface area contributed by atoms with Gasteiger partial charge in [0.1, 0.15) is 5.70 Å². The molecule has 7 nitrogen and oxygen atoms in total. The van der Waals surface area contributed by atoms with Crippen LogP contribution in [0.3, 0.4) is 0 Å². The lowest BCUT2D eigenvalue weighted by Crippen LogP contribution is -2.30. The van der Waals surface area contributed by atoms with Crippen molar-refractivity contribution in [3.8, 4) is 0 Å². The first kappa shape index (κ1) is 28.4. The molecule has 198 valence electrons. The molecule has 0 unspecified atom stereocenters. The van der Waals surface area contributed by atoms with E-state index in [1.807, 2.05) is 18.4 Å². The van der Waals surface area contributed by atoms with Crippen LogP contribution >= 0.6 is 46.3 Å². The van der Waals surface area contributed by atoms with E-state index in [1.54, 1.807) is 66.7 Å². The molecule has 4 aromatic rings. The fourth-order valence-corrected chi connectivity index (χ4v) is 5.28. The van der Waals surface area contributed by atoms with E-state index >= 15 is 0 Å². The summed E-state index contributed by atoms with van der Waals surface area (Å²) in [7, 11) is 0. The Labute approximate surface area is 243 Å². The van der Waals surface area contributed by atoms with E-state index in [1.165, 1.54) is 29.2 Å². The van der Waals surface area contributed by atoms with Crippen LogP contribution in [0, 0.1) is 6.92 Å². The van der Waals surface area contributed by atoms with Crippen molar-refractivity contribution in [2.75, 3.05) is 16.4 Å². The highest BCUT2D eigenvalue weighted by Gasteiger charge is 2.17. The van der Waals surface area contributed by atoms with Gasteiger partial charge in [0, 0.05) is 37.1 Å². The van der Waals surface area contributed by atoms with Gasteiger partial charge in [-0.25, -0.2) is 4.98 Å². The van der Waals surface area contributed by atoms with Gasteiger partial charge in [-0.05, 0) is 55.5 Å². The number of anilines is 2. The molecular weight excluding hydrogens is 575 g/mol. The van der Waals surface area contributed by atoms with Crippen LogP contribution in [0.5, 0.6) is 0 Å². The molecule has 0 spiro atoms. The Kier molecular flexibility index (Phi) is 9.78. The molecule has 0 bridgehead atoms. The van der Waals surface area contributed by atoms with E-state index in [0.29, 0.717) is 32.0 Å². The summed E-state index contributed by atoms with van der Waals surface area (Å²) >= 11 is 15.3. The lowest BCUT2D eigenvalue weighted by atomic mass is 10.1. The molecule has 0 aliphatic rings. The maximum atomic E-state index is 13.3.